The van der Waals surface area contributed by atoms with E-state index in [-0.39, 0.29) is 0 Å². The van der Waals surface area contributed by atoms with Gasteiger partial charge in [-0.05, 0) is 42.8 Å². The lowest BCUT2D eigenvalue weighted by Crippen LogP contribution is -2.13. The average Bonchev–Trinajstić information content (AvgIpc) is 2.53. The first kappa shape index (κ1) is 11.3. The Hall–Kier alpha value is -0.800. The van der Waals surface area contributed by atoms with Crippen molar-refractivity contribution in [2.75, 3.05) is 0 Å². The monoisotopic (exact) mass is 266 g/mol. The highest BCUT2D eigenvalue weighted by Gasteiger charge is 2.17. The number of H-pyrrole nitrogens is 1. The molecule has 0 spiro atoms. The molecule has 2 nitrogen and oxygen atoms in total. The molecule has 0 atom stereocenters. The number of hydrogen-bond donors (Lipinski definition) is 1. The third kappa shape index (κ3) is 2.14. The number of aryl methyl sites for hydroxylation is 1. The zero-order valence-electron chi connectivity index (χ0n) is 9.58. The summed E-state index contributed by atoms with van der Waals surface area (Å²) in [5, 5.41) is 0.767. The second kappa shape index (κ2) is 4.46. The highest BCUT2D eigenvalue weighted by Crippen LogP contribution is 2.30. The van der Waals surface area contributed by atoms with Gasteiger partial charge in [0.05, 0.1) is 11.0 Å². The molecule has 1 aromatic carbocycles. The zero-order chi connectivity index (χ0) is 11.8. The highest BCUT2D eigenvalue weighted by atomic mass is 35.5. The summed E-state index contributed by atoms with van der Waals surface area (Å²) in [6, 6.07) is 5.88. The normalized spacial score (nSPS) is 16.3. The zero-order valence-corrected chi connectivity index (χ0v) is 11.2. The van der Waals surface area contributed by atoms with E-state index in [0.29, 0.717) is 0 Å². The molecule has 1 heterocycles. The summed E-state index contributed by atoms with van der Waals surface area (Å²) in [5.41, 5.74) is 2.20. The third-order valence-corrected chi connectivity index (χ3v) is 4.28. The summed E-state index contributed by atoms with van der Waals surface area (Å²) < 4.78 is 2.98. The molecule has 1 fully saturated rings. The van der Waals surface area contributed by atoms with Gasteiger partial charge in [0.15, 0.2) is 4.77 Å². The van der Waals surface area contributed by atoms with Crippen molar-refractivity contribution in [3.05, 3.63) is 28.0 Å². The summed E-state index contributed by atoms with van der Waals surface area (Å²) in [6.07, 6.45) is 5.40. The largest absolute Gasteiger partial charge is 0.331 e. The molecule has 0 aliphatic heterocycles. The van der Waals surface area contributed by atoms with Crippen molar-refractivity contribution in [1.82, 2.24) is 9.55 Å². The van der Waals surface area contributed by atoms with Crippen molar-refractivity contribution in [1.29, 1.82) is 0 Å². The van der Waals surface area contributed by atoms with Crippen LogP contribution in [0.5, 0.6) is 0 Å². The molecule has 0 bridgehead atoms. The molecule has 1 aliphatic rings. The van der Waals surface area contributed by atoms with Crippen molar-refractivity contribution in [2.24, 2.45) is 5.92 Å². The number of fused-ring (bicyclic) bond motifs is 1. The number of halogens is 1. The van der Waals surface area contributed by atoms with Gasteiger partial charge in [-0.1, -0.05) is 30.9 Å². The molecule has 1 N–H and O–H groups in total. The molecule has 0 amide bonds. The van der Waals surface area contributed by atoms with E-state index in [9.17, 15) is 0 Å². The van der Waals surface area contributed by atoms with Crippen molar-refractivity contribution in [3.63, 3.8) is 0 Å². The van der Waals surface area contributed by atoms with Crippen molar-refractivity contribution < 1.29 is 0 Å². The lowest BCUT2D eigenvalue weighted by atomic mass is 9.83. The second-order valence-electron chi connectivity index (χ2n) is 4.83. The minimum absolute atomic E-state index is 0.767. The van der Waals surface area contributed by atoms with E-state index in [2.05, 4.69) is 9.55 Å². The number of rotatable bonds is 3. The maximum absolute atomic E-state index is 6.04. The fraction of sp³-hybridized carbons (Fsp3) is 0.462. The van der Waals surface area contributed by atoms with Crippen LogP contribution < -0.4 is 0 Å². The Morgan fingerprint density at radius 1 is 1.41 bits per heavy atom. The molecule has 0 saturated heterocycles. The number of aromatic nitrogens is 2. The molecule has 1 aromatic heterocycles. The van der Waals surface area contributed by atoms with Gasteiger partial charge in [-0.25, -0.2) is 0 Å². The Labute approximate surface area is 111 Å². The topological polar surface area (TPSA) is 20.7 Å². The van der Waals surface area contributed by atoms with E-state index in [1.54, 1.807) is 0 Å². The molecule has 1 saturated carbocycles. The van der Waals surface area contributed by atoms with E-state index < -0.39 is 0 Å². The summed E-state index contributed by atoms with van der Waals surface area (Å²) in [7, 11) is 0. The fourth-order valence-corrected chi connectivity index (χ4v) is 2.91. The van der Waals surface area contributed by atoms with Gasteiger partial charge < -0.3 is 9.55 Å². The van der Waals surface area contributed by atoms with Gasteiger partial charge in [0, 0.05) is 11.6 Å². The molecule has 4 heteroatoms. The van der Waals surface area contributed by atoms with Crippen LogP contribution in [0.4, 0.5) is 0 Å². The van der Waals surface area contributed by atoms with Gasteiger partial charge in [-0.15, -0.1) is 0 Å². The van der Waals surface area contributed by atoms with Gasteiger partial charge >= 0.3 is 0 Å². The van der Waals surface area contributed by atoms with Crippen LogP contribution in [0.1, 0.15) is 25.7 Å². The quantitative estimate of drug-likeness (QED) is 0.809. The predicted octanol–water partition coefficient (Wildman–Crippen LogP) is 4.54. The number of nitrogens with one attached hydrogen (secondary N) is 1. The molecule has 17 heavy (non-hydrogen) atoms. The minimum Gasteiger partial charge on any atom is -0.331 e. The van der Waals surface area contributed by atoms with E-state index in [4.69, 9.17) is 23.8 Å². The maximum Gasteiger partial charge on any atom is 0.178 e. The van der Waals surface area contributed by atoms with Crippen LogP contribution in [0.15, 0.2) is 18.2 Å². The number of imidazole rings is 1. The van der Waals surface area contributed by atoms with Crippen molar-refractivity contribution in [2.45, 2.75) is 32.2 Å². The summed E-state index contributed by atoms with van der Waals surface area (Å²) in [6.45, 7) is 1.00. The van der Waals surface area contributed by atoms with Gasteiger partial charge in [-0.3, -0.25) is 0 Å². The van der Waals surface area contributed by atoms with Gasteiger partial charge in [0.2, 0.25) is 0 Å². The molecule has 90 valence electrons. The van der Waals surface area contributed by atoms with Gasteiger partial charge in [0.1, 0.15) is 0 Å². The van der Waals surface area contributed by atoms with Crippen LogP contribution in [0.3, 0.4) is 0 Å². The van der Waals surface area contributed by atoms with E-state index in [0.717, 1.165) is 33.3 Å². The van der Waals surface area contributed by atoms with Crippen LogP contribution >= 0.6 is 23.8 Å². The Balaban J connectivity index is 1.93. The Morgan fingerprint density at radius 3 is 2.94 bits per heavy atom. The highest BCUT2D eigenvalue weighted by molar-refractivity contribution is 7.71. The van der Waals surface area contributed by atoms with Crippen LogP contribution in [0.2, 0.25) is 5.02 Å². The molecular formula is C13H15ClN2S. The van der Waals surface area contributed by atoms with E-state index in [1.165, 1.54) is 25.7 Å². The van der Waals surface area contributed by atoms with Gasteiger partial charge in [0.25, 0.3) is 0 Å². The Kier molecular flexibility index (Phi) is 2.97. The molecule has 1 aliphatic carbocycles. The number of aromatic amines is 1. The first-order chi connectivity index (χ1) is 8.24. The number of benzene rings is 1. The SMILES string of the molecule is S=c1[nH]c2ccc(Cl)cc2n1CCC1CCC1. The Bertz CT molecular complexity index is 595. The maximum atomic E-state index is 6.04. The van der Waals surface area contributed by atoms with Crippen molar-refractivity contribution in [3.8, 4) is 0 Å². The fourth-order valence-electron chi connectivity index (χ4n) is 2.44. The lowest BCUT2D eigenvalue weighted by Gasteiger charge is -2.25. The summed E-state index contributed by atoms with van der Waals surface area (Å²) in [4.78, 5) is 3.23. The minimum atomic E-state index is 0.767. The van der Waals surface area contributed by atoms with E-state index in [1.807, 2.05) is 18.2 Å². The van der Waals surface area contributed by atoms with Crippen LogP contribution in [0, 0.1) is 10.7 Å². The van der Waals surface area contributed by atoms with Crippen molar-refractivity contribution >= 4 is 34.9 Å². The van der Waals surface area contributed by atoms with E-state index >= 15 is 0 Å². The predicted molar refractivity (Wildman–Crippen MR) is 74.1 cm³/mol. The van der Waals surface area contributed by atoms with Crippen LogP contribution in [-0.2, 0) is 6.54 Å². The molecule has 3 rings (SSSR count). The second-order valence-corrected chi connectivity index (χ2v) is 5.65. The number of nitrogens with zero attached hydrogens (tertiary/aromatic N) is 1. The lowest BCUT2D eigenvalue weighted by molar-refractivity contribution is 0.283. The first-order valence-corrected chi connectivity index (χ1v) is 6.91. The molecule has 0 unspecified atom stereocenters. The van der Waals surface area contributed by atoms with Crippen LogP contribution in [-0.4, -0.2) is 9.55 Å². The summed E-state index contributed by atoms with van der Waals surface area (Å²) >= 11 is 11.4. The first-order valence-electron chi connectivity index (χ1n) is 6.12. The van der Waals surface area contributed by atoms with Gasteiger partial charge in [-0.2, -0.15) is 0 Å². The average molecular weight is 267 g/mol. The number of hydrogen-bond acceptors (Lipinski definition) is 1. The molecule has 0 radical (unpaired) electrons. The van der Waals surface area contributed by atoms with Crippen LogP contribution in [0.25, 0.3) is 11.0 Å². The smallest absolute Gasteiger partial charge is 0.178 e. The molecule has 2 aromatic rings. The third-order valence-electron chi connectivity index (χ3n) is 3.72. The Morgan fingerprint density at radius 2 is 2.24 bits per heavy atom. The summed E-state index contributed by atoms with van der Waals surface area (Å²) in [5.74, 6) is 0.904. The standard InChI is InChI=1S/C13H15ClN2S/c14-10-4-5-11-12(8-10)16(13(17)15-11)7-6-9-2-1-3-9/h4-5,8-9H,1-3,6-7H2,(H,15,17). The molecular weight excluding hydrogens is 252 g/mol.